The highest BCUT2D eigenvalue weighted by atomic mass is 16.5. The summed E-state index contributed by atoms with van der Waals surface area (Å²) < 4.78 is 7.82. The van der Waals surface area contributed by atoms with Gasteiger partial charge in [-0.05, 0) is 44.1 Å². The summed E-state index contributed by atoms with van der Waals surface area (Å²) in [5.41, 5.74) is 3.77. The van der Waals surface area contributed by atoms with Crippen molar-refractivity contribution in [3.8, 4) is 0 Å². The monoisotopic (exact) mass is 306 g/mol. The van der Waals surface area contributed by atoms with Crippen molar-refractivity contribution in [2.24, 2.45) is 11.3 Å². The molecule has 3 aliphatic rings. The van der Waals surface area contributed by atoms with Crippen molar-refractivity contribution in [3.05, 3.63) is 11.1 Å². The number of hydrogen-bond acceptors (Lipinski definition) is 1. The second kappa shape index (κ2) is 5.94. The second-order valence-corrected chi connectivity index (χ2v) is 9.64. The molecule has 1 aliphatic heterocycles. The first-order chi connectivity index (χ1) is 10.3. The van der Waals surface area contributed by atoms with Gasteiger partial charge in [0.1, 0.15) is 0 Å². The Morgan fingerprint density at radius 2 is 1.59 bits per heavy atom. The number of nitrogens with zero attached hydrogens (tertiary/aromatic N) is 1. The molecule has 126 valence electrons. The predicted molar refractivity (Wildman–Crippen MR) is 92.8 cm³/mol. The first-order valence-electron chi connectivity index (χ1n) is 9.46. The van der Waals surface area contributed by atoms with Crippen LogP contribution in [-0.2, 0) is 4.74 Å². The fourth-order valence-electron chi connectivity index (χ4n) is 5.55. The molecule has 0 aromatic carbocycles. The molecule has 2 heteroatoms. The average molecular weight is 307 g/mol. The zero-order valence-corrected chi connectivity index (χ0v) is 15.5. The van der Waals surface area contributed by atoms with E-state index in [4.69, 9.17) is 4.74 Å². The van der Waals surface area contributed by atoms with Crippen molar-refractivity contribution in [3.63, 3.8) is 0 Å². The van der Waals surface area contributed by atoms with Gasteiger partial charge in [-0.1, -0.05) is 32.3 Å². The van der Waals surface area contributed by atoms with Crippen LogP contribution >= 0.6 is 0 Å². The van der Waals surface area contributed by atoms with Crippen molar-refractivity contribution in [2.45, 2.75) is 77.4 Å². The number of fused-ring (bicyclic) bond motifs is 2. The van der Waals surface area contributed by atoms with Gasteiger partial charge in [-0.15, -0.1) is 0 Å². The molecule has 2 nitrogen and oxygen atoms in total. The van der Waals surface area contributed by atoms with Gasteiger partial charge < -0.3 is 9.22 Å². The lowest BCUT2D eigenvalue weighted by Gasteiger charge is -2.50. The molecule has 0 unspecified atom stereocenters. The molecule has 1 saturated carbocycles. The van der Waals surface area contributed by atoms with E-state index in [0.29, 0.717) is 12.2 Å². The van der Waals surface area contributed by atoms with Crippen LogP contribution in [-0.4, -0.2) is 44.4 Å². The molecule has 0 aromatic rings. The maximum absolute atomic E-state index is 6.80. The second-order valence-electron chi connectivity index (χ2n) is 9.64. The molecular formula is C20H36NO+. The SMILES string of the molecule is CC(C)(C[N+](C)(C)C)[C@H]1O[C@@H]2CCCC[C@H]2C2=C1CCCC2. The van der Waals surface area contributed by atoms with Gasteiger partial charge in [-0.3, -0.25) is 0 Å². The molecule has 2 aliphatic carbocycles. The Bertz CT molecular complexity index is 443. The molecule has 0 spiro atoms. The quantitative estimate of drug-likeness (QED) is 0.549. The van der Waals surface area contributed by atoms with E-state index in [2.05, 4.69) is 35.0 Å². The van der Waals surface area contributed by atoms with Crippen LogP contribution < -0.4 is 0 Å². The van der Waals surface area contributed by atoms with Crippen molar-refractivity contribution >= 4 is 0 Å². The Hall–Kier alpha value is -0.340. The molecule has 1 heterocycles. The summed E-state index contributed by atoms with van der Waals surface area (Å²) in [5.74, 6) is 0.764. The smallest absolute Gasteiger partial charge is 0.0896 e. The summed E-state index contributed by atoms with van der Waals surface area (Å²) in [6, 6.07) is 0. The van der Waals surface area contributed by atoms with E-state index >= 15 is 0 Å². The van der Waals surface area contributed by atoms with Crippen LogP contribution in [0.2, 0.25) is 0 Å². The Kier molecular flexibility index (Phi) is 4.46. The van der Waals surface area contributed by atoms with E-state index in [1.807, 2.05) is 5.57 Å². The minimum absolute atomic E-state index is 0.221. The number of quaternary nitrogens is 1. The van der Waals surface area contributed by atoms with Crippen LogP contribution in [0.3, 0.4) is 0 Å². The standard InChI is InChI=1S/C20H36NO/c1-20(2,14-21(3,4)5)19-17-12-7-6-10-15(17)16-11-8-9-13-18(16)22-19/h16,18-19H,6-14H2,1-5H3/q+1/t16-,18+,19-/m0/s1. The third kappa shape index (κ3) is 3.28. The first kappa shape index (κ1) is 16.5. The Morgan fingerprint density at radius 1 is 0.955 bits per heavy atom. The molecule has 22 heavy (non-hydrogen) atoms. The lowest BCUT2D eigenvalue weighted by Crippen LogP contribution is -2.52. The molecular weight excluding hydrogens is 270 g/mol. The fraction of sp³-hybridized carbons (Fsp3) is 0.900. The first-order valence-corrected chi connectivity index (χ1v) is 9.46. The summed E-state index contributed by atoms with van der Waals surface area (Å²) in [6.07, 6.45) is 11.8. The van der Waals surface area contributed by atoms with Gasteiger partial charge in [-0.25, -0.2) is 0 Å². The zero-order valence-electron chi connectivity index (χ0n) is 15.5. The summed E-state index contributed by atoms with van der Waals surface area (Å²) in [5, 5.41) is 0. The minimum atomic E-state index is 0.221. The normalized spacial score (nSPS) is 33.4. The predicted octanol–water partition coefficient (Wildman–Crippen LogP) is 4.55. The van der Waals surface area contributed by atoms with E-state index in [1.165, 1.54) is 57.9 Å². The third-order valence-corrected chi connectivity index (χ3v) is 5.92. The minimum Gasteiger partial charge on any atom is -0.369 e. The molecule has 3 rings (SSSR count). The molecule has 0 aromatic heterocycles. The van der Waals surface area contributed by atoms with Crippen molar-refractivity contribution < 1.29 is 9.22 Å². The number of hydrogen-bond donors (Lipinski definition) is 0. The van der Waals surface area contributed by atoms with E-state index in [1.54, 1.807) is 5.57 Å². The molecule has 0 amide bonds. The van der Waals surface area contributed by atoms with Gasteiger partial charge in [0.15, 0.2) is 0 Å². The third-order valence-electron chi connectivity index (χ3n) is 5.92. The lowest BCUT2D eigenvalue weighted by molar-refractivity contribution is -0.877. The van der Waals surface area contributed by atoms with Gasteiger partial charge in [0.25, 0.3) is 0 Å². The highest BCUT2D eigenvalue weighted by Crippen LogP contribution is 2.49. The van der Waals surface area contributed by atoms with Crippen LogP contribution in [0.25, 0.3) is 0 Å². The van der Waals surface area contributed by atoms with Crippen molar-refractivity contribution in [1.82, 2.24) is 0 Å². The summed E-state index contributed by atoms with van der Waals surface area (Å²) in [6.45, 7) is 6.04. The molecule has 0 N–H and O–H groups in total. The van der Waals surface area contributed by atoms with Crippen molar-refractivity contribution in [1.29, 1.82) is 0 Å². The van der Waals surface area contributed by atoms with Gasteiger partial charge in [0.05, 0.1) is 39.9 Å². The van der Waals surface area contributed by atoms with Crippen LogP contribution in [0.4, 0.5) is 0 Å². The highest BCUT2D eigenvalue weighted by Gasteiger charge is 2.46. The van der Waals surface area contributed by atoms with E-state index < -0.39 is 0 Å². The number of ether oxygens (including phenoxy) is 1. The van der Waals surface area contributed by atoms with E-state index in [9.17, 15) is 0 Å². The van der Waals surface area contributed by atoms with E-state index in [0.717, 1.165) is 10.4 Å². The summed E-state index contributed by atoms with van der Waals surface area (Å²) >= 11 is 0. The molecule has 3 atom stereocenters. The Morgan fingerprint density at radius 3 is 2.27 bits per heavy atom. The van der Waals surface area contributed by atoms with Crippen LogP contribution in [0.5, 0.6) is 0 Å². The molecule has 0 radical (unpaired) electrons. The Balaban J connectivity index is 1.92. The van der Waals surface area contributed by atoms with Crippen molar-refractivity contribution in [2.75, 3.05) is 27.7 Å². The Labute approximate surface area is 137 Å². The maximum Gasteiger partial charge on any atom is 0.0896 e. The molecule has 0 bridgehead atoms. The number of rotatable bonds is 3. The van der Waals surface area contributed by atoms with Gasteiger partial charge in [0.2, 0.25) is 0 Å². The summed E-state index contributed by atoms with van der Waals surface area (Å²) in [4.78, 5) is 0. The average Bonchev–Trinajstić information content (AvgIpc) is 2.44. The largest absolute Gasteiger partial charge is 0.369 e. The topological polar surface area (TPSA) is 9.23 Å². The van der Waals surface area contributed by atoms with Gasteiger partial charge in [-0.2, -0.15) is 0 Å². The lowest BCUT2D eigenvalue weighted by atomic mass is 9.68. The highest BCUT2D eigenvalue weighted by molar-refractivity contribution is 5.29. The van der Waals surface area contributed by atoms with Gasteiger partial charge >= 0.3 is 0 Å². The van der Waals surface area contributed by atoms with Gasteiger partial charge in [0, 0.05) is 11.3 Å². The molecule has 1 fully saturated rings. The van der Waals surface area contributed by atoms with Crippen LogP contribution in [0.15, 0.2) is 11.1 Å². The van der Waals surface area contributed by atoms with E-state index in [-0.39, 0.29) is 5.41 Å². The molecule has 0 saturated heterocycles. The fourth-order valence-corrected chi connectivity index (χ4v) is 5.55. The summed E-state index contributed by atoms with van der Waals surface area (Å²) in [7, 11) is 6.93. The van der Waals surface area contributed by atoms with Crippen LogP contribution in [0.1, 0.15) is 65.2 Å². The maximum atomic E-state index is 6.80. The zero-order chi connectivity index (χ0) is 16.0. The van der Waals surface area contributed by atoms with Crippen LogP contribution in [0, 0.1) is 11.3 Å².